The molecule has 0 spiro atoms. The van der Waals surface area contributed by atoms with Gasteiger partial charge in [0, 0.05) is 5.02 Å². The fraction of sp³-hybridized carbons (Fsp3) is 0.600. The van der Waals surface area contributed by atoms with Gasteiger partial charge < -0.3 is 9.64 Å². The third kappa shape index (κ3) is 6.27. The zero-order valence-corrected chi connectivity index (χ0v) is 12.2. The fourth-order valence-corrected chi connectivity index (χ4v) is 2.08. The molecule has 0 atom stereocenters. The lowest BCUT2D eigenvalue weighted by atomic mass is 10.2. The van der Waals surface area contributed by atoms with Gasteiger partial charge in [-0.3, -0.25) is 0 Å². The SMILES string of the molecule is CCN(CC)CCCCCOc1cccc(Cl)c1. The molecule has 0 saturated heterocycles. The van der Waals surface area contributed by atoms with Crippen molar-refractivity contribution in [2.24, 2.45) is 0 Å². The van der Waals surface area contributed by atoms with E-state index in [9.17, 15) is 0 Å². The number of hydrogen-bond acceptors (Lipinski definition) is 2. The summed E-state index contributed by atoms with van der Waals surface area (Å²) in [4.78, 5) is 2.46. The maximum Gasteiger partial charge on any atom is 0.120 e. The molecule has 0 aliphatic heterocycles. The van der Waals surface area contributed by atoms with E-state index in [0.29, 0.717) is 0 Å². The van der Waals surface area contributed by atoms with E-state index in [2.05, 4.69) is 18.7 Å². The highest BCUT2D eigenvalue weighted by molar-refractivity contribution is 6.30. The zero-order valence-electron chi connectivity index (χ0n) is 11.5. The number of benzene rings is 1. The molecule has 0 aliphatic carbocycles. The van der Waals surface area contributed by atoms with Crippen molar-refractivity contribution in [3.8, 4) is 5.75 Å². The Bertz CT molecular complexity index is 326. The summed E-state index contributed by atoms with van der Waals surface area (Å²) in [5.41, 5.74) is 0. The number of unbranched alkanes of at least 4 members (excludes halogenated alkanes) is 2. The molecule has 1 aromatic carbocycles. The molecule has 0 bridgehead atoms. The maximum absolute atomic E-state index is 5.89. The van der Waals surface area contributed by atoms with Gasteiger partial charge in [-0.25, -0.2) is 0 Å². The van der Waals surface area contributed by atoms with Gasteiger partial charge in [0.2, 0.25) is 0 Å². The van der Waals surface area contributed by atoms with Crippen LogP contribution in [0.25, 0.3) is 0 Å². The van der Waals surface area contributed by atoms with Crippen LogP contribution < -0.4 is 4.74 Å². The highest BCUT2D eigenvalue weighted by Gasteiger charge is 1.99. The molecular weight excluding hydrogens is 246 g/mol. The van der Waals surface area contributed by atoms with Crippen molar-refractivity contribution < 1.29 is 4.74 Å². The lowest BCUT2D eigenvalue weighted by molar-refractivity contribution is 0.277. The Morgan fingerprint density at radius 2 is 1.89 bits per heavy atom. The molecule has 2 nitrogen and oxygen atoms in total. The number of rotatable bonds is 9. The van der Waals surface area contributed by atoms with Crippen molar-refractivity contribution in [1.29, 1.82) is 0 Å². The molecule has 3 heteroatoms. The smallest absolute Gasteiger partial charge is 0.120 e. The van der Waals surface area contributed by atoms with E-state index < -0.39 is 0 Å². The van der Waals surface area contributed by atoms with Gasteiger partial charge >= 0.3 is 0 Å². The van der Waals surface area contributed by atoms with Gasteiger partial charge in [-0.2, -0.15) is 0 Å². The Kier molecular flexibility index (Phi) is 7.86. The fourth-order valence-electron chi connectivity index (χ4n) is 1.90. The predicted molar refractivity (Wildman–Crippen MR) is 78.6 cm³/mol. The van der Waals surface area contributed by atoms with Crippen LogP contribution in [-0.4, -0.2) is 31.1 Å². The Morgan fingerprint density at radius 3 is 2.56 bits per heavy atom. The first-order chi connectivity index (χ1) is 8.76. The molecule has 0 aromatic heterocycles. The monoisotopic (exact) mass is 269 g/mol. The van der Waals surface area contributed by atoms with Crippen molar-refractivity contribution >= 4 is 11.6 Å². The molecule has 1 rings (SSSR count). The Morgan fingerprint density at radius 1 is 1.11 bits per heavy atom. The van der Waals surface area contributed by atoms with Crippen LogP contribution in [0.5, 0.6) is 5.75 Å². The summed E-state index contributed by atoms with van der Waals surface area (Å²) in [6, 6.07) is 7.58. The average Bonchev–Trinajstić information content (AvgIpc) is 2.38. The highest BCUT2D eigenvalue weighted by atomic mass is 35.5. The Hall–Kier alpha value is -0.730. The summed E-state index contributed by atoms with van der Waals surface area (Å²) in [5.74, 6) is 0.867. The van der Waals surface area contributed by atoms with Crippen molar-refractivity contribution in [2.75, 3.05) is 26.2 Å². The second-order valence-electron chi connectivity index (χ2n) is 4.39. The van der Waals surface area contributed by atoms with Gasteiger partial charge in [-0.05, 0) is 57.1 Å². The van der Waals surface area contributed by atoms with Crippen LogP contribution in [0, 0.1) is 0 Å². The van der Waals surface area contributed by atoms with Gasteiger partial charge in [0.25, 0.3) is 0 Å². The normalized spacial score (nSPS) is 10.9. The Balaban J connectivity index is 2.05. The van der Waals surface area contributed by atoms with Crippen molar-refractivity contribution in [1.82, 2.24) is 4.90 Å². The van der Waals surface area contributed by atoms with Crippen molar-refractivity contribution in [3.63, 3.8) is 0 Å². The van der Waals surface area contributed by atoms with E-state index in [0.717, 1.165) is 36.9 Å². The second-order valence-corrected chi connectivity index (χ2v) is 4.83. The first-order valence-electron chi connectivity index (χ1n) is 6.87. The van der Waals surface area contributed by atoms with E-state index in [1.807, 2.05) is 24.3 Å². The standard InChI is InChI=1S/C15H24ClNO/c1-3-17(4-2)11-6-5-7-12-18-15-10-8-9-14(16)13-15/h8-10,13H,3-7,11-12H2,1-2H3. The lowest BCUT2D eigenvalue weighted by Gasteiger charge is -2.17. The summed E-state index contributed by atoms with van der Waals surface area (Å²) >= 11 is 5.89. The third-order valence-electron chi connectivity index (χ3n) is 3.08. The molecule has 0 amide bonds. The minimum absolute atomic E-state index is 0.731. The van der Waals surface area contributed by atoms with Crippen LogP contribution >= 0.6 is 11.6 Å². The molecule has 0 unspecified atom stereocenters. The van der Waals surface area contributed by atoms with Crippen LogP contribution in [-0.2, 0) is 0 Å². The molecule has 0 saturated carbocycles. The highest BCUT2D eigenvalue weighted by Crippen LogP contribution is 2.17. The molecule has 0 fully saturated rings. The summed E-state index contributed by atoms with van der Waals surface area (Å²) < 4.78 is 5.65. The molecular formula is C15H24ClNO. The third-order valence-corrected chi connectivity index (χ3v) is 3.31. The van der Waals surface area contributed by atoms with E-state index in [-0.39, 0.29) is 0 Å². The van der Waals surface area contributed by atoms with E-state index in [4.69, 9.17) is 16.3 Å². The minimum atomic E-state index is 0.731. The van der Waals surface area contributed by atoms with E-state index in [1.165, 1.54) is 19.4 Å². The predicted octanol–water partition coefficient (Wildman–Crippen LogP) is 4.23. The molecule has 0 radical (unpaired) electrons. The van der Waals surface area contributed by atoms with Crippen LogP contribution in [0.1, 0.15) is 33.1 Å². The largest absolute Gasteiger partial charge is 0.494 e. The van der Waals surface area contributed by atoms with Crippen LogP contribution in [0.2, 0.25) is 5.02 Å². The van der Waals surface area contributed by atoms with Crippen molar-refractivity contribution in [3.05, 3.63) is 29.3 Å². The zero-order chi connectivity index (χ0) is 13.2. The number of ether oxygens (including phenoxy) is 1. The van der Waals surface area contributed by atoms with Gasteiger partial charge in [0.1, 0.15) is 5.75 Å². The maximum atomic E-state index is 5.89. The average molecular weight is 270 g/mol. The van der Waals surface area contributed by atoms with Gasteiger partial charge in [-0.1, -0.05) is 31.5 Å². The topological polar surface area (TPSA) is 12.5 Å². The molecule has 0 N–H and O–H groups in total. The lowest BCUT2D eigenvalue weighted by Crippen LogP contribution is -2.23. The molecule has 18 heavy (non-hydrogen) atoms. The summed E-state index contributed by atoms with van der Waals surface area (Å²) in [6.45, 7) is 8.70. The number of halogens is 1. The quantitative estimate of drug-likeness (QED) is 0.622. The van der Waals surface area contributed by atoms with E-state index >= 15 is 0 Å². The minimum Gasteiger partial charge on any atom is -0.494 e. The van der Waals surface area contributed by atoms with E-state index in [1.54, 1.807) is 0 Å². The molecule has 0 aliphatic rings. The molecule has 102 valence electrons. The number of nitrogens with zero attached hydrogens (tertiary/aromatic N) is 1. The number of hydrogen-bond donors (Lipinski definition) is 0. The summed E-state index contributed by atoms with van der Waals surface area (Å²) in [6.07, 6.45) is 3.57. The molecule has 0 heterocycles. The van der Waals surface area contributed by atoms with Crippen molar-refractivity contribution in [2.45, 2.75) is 33.1 Å². The van der Waals surface area contributed by atoms with Gasteiger partial charge in [0.05, 0.1) is 6.61 Å². The van der Waals surface area contributed by atoms with Gasteiger partial charge in [0.15, 0.2) is 0 Å². The Labute approximate surface area is 116 Å². The first-order valence-corrected chi connectivity index (χ1v) is 7.24. The van der Waals surface area contributed by atoms with Crippen LogP contribution in [0.15, 0.2) is 24.3 Å². The molecule has 1 aromatic rings. The van der Waals surface area contributed by atoms with Crippen LogP contribution in [0.3, 0.4) is 0 Å². The second kappa shape index (κ2) is 9.23. The van der Waals surface area contributed by atoms with Gasteiger partial charge in [-0.15, -0.1) is 0 Å². The first kappa shape index (κ1) is 15.3. The van der Waals surface area contributed by atoms with Crippen LogP contribution in [0.4, 0.5) is 0 Å². The summed E-state index contributed by atoms with van der Waals surface area (Å²) in [5, 5.41) is 0.731. The summed E-state index contributed by atoms with van der Waals surface area (Å²) in [7, 11) is 0.